The number of carbonyl (C=O) groups is 3. The number of phenolic OH excluding ortho intramolecular Hbond substituents is 2. The summed E-state index contributed by atoms with van der Waals surface area (Å²) in [5.74, 6) is -1.30. The van der Waals surface area contributed by atoms with E-state index >= 15 is 0 Å². The number of aryl methyl sites for hydroxylation is 2. The summed E-state index contributed by atoms with van der Waals surface area (Å²) in [5.41, 5.74) is 6.80. The van der Waals surface area contributed by atoms with Gasteiger partial charge in [-0.15, -0.1) is 0 Å². The van der Waals surface area contributed by atoms with Crippen LogP contribution in [-0.4, -0.2) is 87.2 Å². The van der Waals surface area contributed by atoms with Crippen molar-refractivity contribution in [3.05, 3.63) is 100 Å². The van der Waals surface area contributed by atoms with E-state index in [1.54, 1.807) is 18.2 Å². The fourth-order valence-corrected chi connectivity index (χ4v) is 6.05. The van der Waals surface area contributed by atoms with Gasteiger partial charge >= 0.3 is 5.97 Å². The van der Waals surface area contributed by atoms with Crippen LogP contribution in [0.15, 0.2) is 82.2 Å². The molecule has 1 aliphatic heterocycles. The first-order valence-electron chi connectivity index (χ1n) is 18.5. The summed E-state index contributed by atoms with van der Waals surface area (Å²) in [5, 5.41) is 29.3. The number of nitrogens with one attached hydrogen (secondary N) is 3. The zero-order valence-corrected chi connectivity index (χ0v) is 32.1. The molecule has 3 aromatic carbocycles. The Balaban J connectivity index is 1.11. The third-order valence-electron chi connectivity index (χ3n) is 8.74. The largest absolute Gasteiger partial charge is 0.504 e. The van der Waals surface area contributed by atoms with E-state index in [4.69, 9.17) is 18.6 Å². The van der Waals surface area contributed by atoms with Crippen molar-refractivity contribution in [2.75, 3.05) is 64.5 Å². The van der Waals surface area contributed by atoms with Crippen LogP contribution in [0.2, 0.25) is 0 Å². The quantitative estimate of drug-likeness (QED) is 0.0244. The SMILES string of the molecule is CCN=c1cc2oc3cc(NCC)c(C)cc3c(-c3ccccc3C(=O)OCC(=O)NCCOCCOCCNC(=O)/C=C/c3ccc(O)c(O)c3)c-2cc1C. The van der Waals surface area contributed by atoms with Gasteiger partial charge in [0.15, 0.2) is 18.1 Å². The van der Waals surface area contributed by atoms with E-state index in [-0.39, 0.29) is 56.9 Å². The number of rotatable bonds is 18. The highest BCUT2D eigenvalue weighted by Crippen LogP contribution is 2.43. The zero-order valence-electron chi connectivity index (χ0n) is 32.1. The van der Waals surface area contributed by atoms with Crippen LogP contribution in [0.5, 0.6) is 11.5 Å². The van der Waals surface area contributed by atoms with Crippen molar-refractivity contribution in [1.82, 2.24) is 10.6 Å². The van der Waals surface area contributed by atoms with E-state index < -0.39 is 18.5 Å². The van der Waals surface area contributed by atoms with E-state index in [2.05, 4.69) is 27.0 Å². The Hall–Kier alpha value is -6.18. The van der Waals surface area contributed by atoms with Crippen molar-refractivity contribution < 1.29 is 43.2 Å². The van der Waals surface area contributed by atoms with Crippen molar-refractivity contribution in [2.45, 2.75) is 27.7 Å². The molecule has 294 valence electrons. The molecule has 0 saturated heterocycles. The molecule has 0 aromatic heterocycles. The smallest absolute Gasteiger partial charge is 0.339 e. The summed E-state index contributed by atoms with van der Waals surface area (Å²) in [6, 6.07) is 19.5. The van der Waals surface area contributed by atoms with Gasteiger partial charge in [0, 0.05) is 66.6 Å². The van der Waals surface area contributed by atoms with Crippen LogP contribution in [0.3, 0.4) is 0 Å². The van der Waals surface area contributed by atoms with E-state index in [9.17, 15) is 24.6 Å². The Labute approximate surface area is 325 Å². The molecule has 0 fully saturated rings. The van der Waals surface area contributed by atoms with Gasteiger partial charge in [0.25, 0.3) is 5.91 Å². The number of amides is 2. The Morgan fingerprint density at radius 3 is 2.30 bits per heavy atom. The fourth-order valence-electron chi connectivity index (χ4n) is 6.05. The summed E-state index contributed by atoms with van der Waals surface area (Å²) in [6.45, 7) is 10.5. The van der Waals surface area contributed by atoms with Crippen LogP contribution in [0.1, 0.15) is 40.9 Å². The van der Waals surface area contributed by atoms with Gasteiger partial charge in [-0.1, -0.05) is 24.3 Å². The normalized spacial score (nSPS) is 11.7. The van der Waals surface area contributed by atoms with Crippen molar-refractivity contribution in [3.8, 4) is 33.9 Å². The van der Waals surface area contributed by atoms with Gasteiger partial charge in [0.05, 0.1) is 37.3 Å². The average Bonchev–Trinajstić information content (AvgIpc) is 3.18. The lowest BCUT2D eigenvalue weighted by molar-refractivity contribution is -0.124. The van der Waals surface area contributed by atoms with E-state index in [1.165, 1.54) is 24.3 Å². The van der Waals surface area contributed by atoms with Gasteiger partial charge in [-0.25, -0.2) is 4.79 Å². The van der Waals surface area contributed by atoms with Gasteiger partial charge in [0.2, 0.25) is 5.91 Å². The molecule has 1 aliphatic carbocycles. The molecule has 56 heavy (non-hydrogen) atoms. The molecule has 0 radical (unpaired) electrons. The number of carbonyl (C=O) groups excluding carboxylic acids is 3. The molecule has 0 atom stereocenters. The molecule has 2 amide bonds. The van der Waals surface area contributed by atoms with Crippen molar-refractivity contribution in [2.24, 2.45) is 4.99 Å². The van der Waals surface area contributed by atoms with E-state index in [0.29, 0.717) is 34.6 Å². The monoisotopic (exact) mass is 764 g/mol. The minimum absolute atomic E-state index is 0.208. The minimum Gasteiger partial charge on any atom is -0.504 e. The van der Waals surface area contributed by atoms with Gasteiger partial charge in [-0.05, 0) is 86.4 Å². The number of phenols is 2. The summed E-state index contributed by atoms with van der Waals surface area (Å²) < 4.78 is 22.9. The third kappa shape index (κ3) is 10.7. The summed E-state index contributed by atoms with van der Waals surface area (Å²) in [7, 11) is 0. The van der Waals surface area contributed by atoms with Gasteiger partial charge in [0.1, 0.15) is 11.3 Å². The molecule has 13 heteroatoms. The molecular weight excluding hydrogens is 716 g/mol. The summed E-state index contributed by atoms with van der Waals surface area (Å²) in [4.78, 5) is 42.8. The van der Waals surface area contributed by atoms with Crippen LogP contribution in [0.4, 0.5) is 5.69 Å². The number of anilines is 1. The number of hydrogen-bond acceptors (Lipinski definition) is 11. The Morgan fingerprint density at radius 1 is 0.821 bits per heavy atom. The highest BCUT2D eigenvalue weighted by molar-refractivity contribution is 6.08. The highest BCUT2D eigenvalue weighted by atomic mass is 16.5. The molecule has 0 bridgehead atoms. The van der Waals surface area contributed by atoms with Crippen LogP contribution in [-0.2, 0) is 23.8 Å². The first-order chi connectivity index (χ1) is 27.1. The number of aromatic hydroxyl groups is 2. The van der Waals surface area contributed by atoms with Crippen molar-refractivity contribution in [3.63, 3.8) is 0 Å². The molecule has 0 saturated carbocycles. The fraction of sp³-hybridized carbons (Fsp3) is 0.302. The molecule has 1 heterocycles. The molecule has 0 unspecified atom stereocenters. The van der Waals surface area contributed by atoms with E-state index in [1.807, 2.05) is 58.0 Å². The predicted molar refractivity (Wildman–Crippen MR) is 215 cm³/mol. The first-order valence-corrected chi connectivity index (χ1v) is 18.5. The lowest BCUT2D eigenvalue weighted by atomic mass is 9.89. The first kappa shape index (κ1) is 41.0. The number of benzene rings is 4. The molecular formula is C43H48N4O9. The maximum Gasteiger partial charge on any atom is 0.339 e. The lowest BCUT2D eigenvalue weighted by Gasteiger charge is -2.19. The minimum atomic E-state index is -0.633. The number of hydrogen-bond donors (Lipinski definition) is 5. The van der Waals surface area contributed by atoms with Crippen LogP contribution < -0.4 is 21.3 Å². The standard InChI is InChI=1S/C43H48N4O9/c1-5-44-34-24-38-32(21-27(34)3)42(33-22-28(4)35(45-6-2)25-39(33)56-38)30-9-7-8-10-31(30)43(52)55-26-41(51)47-16-18-54-20-19-53-17-15-46-40(50)14-12-29-11-13-36(48)37(49)23-29/h7-14,21-25,44,48-49H,5-6,15-20,26H2,1-4H3,(H,46,50)(H,47,51)/b14-12+,45-35?. The second kappa shape index (κ2) is 19.9. The van der Waals surface area contributed by atoms with Gasteiger partial charge in [-0.3, -0.25) is 14.6 Å². The second-order valence-corrected chi connectivity index (χ2v) is 12.8. The molecule has 2 aliphatic rings. The van der Waals surface area contributed by atoms with Crippen LogP contribution in [0.25, 0.3) is 39.5 Å². The highest BCUT2D eigenvalue weighted by Gasteiger charge is 2.24. The Kier molecular flexibility index (Phi) is 14.6. The Bertz CT molecular complexity index is 2250. The topological polar surface area (TPSA) is 181 Å². The van der Waals surface area contributed by atoms with Gasteiger partial charge in [-0.2, -0.15) is 0 Å². The van der Waals surface area contributed by atoms with Crippen molar-refractivity contribution >= 4 is 40.5 Å². The Morgan fingerprint density at radius 2 is 1.57 bits per heavy atom. The summed E-state index contributed by atoms with van der Waals surface area (Å²) >= 11 is 0. The number of fused-ring (bicyclic) bond motifs is 2. The van der Waals surface area contributed by atoms with Crippen molar-refractivity contribution in [1.29, 1.82) is 0 Å². The van der Waals surface area contributed by atoms with E-state index in [0.717, 1.165) is 45.2 Å². The molecule has 13 nitrogen and oxygen atoms in total. The zero-order chi connectivity index (χ0) is 40.0. The van der Waals surface area contributed by atoms with Crippen LogP contribution >= 0.6 is 0 Å². The third-order valence-corrected chi connectivity index (χ3v) is 8.74. The summed E-state index contributed by atoms with van der Waals surface area (Å²) in [6.07, 6.45) is 2.83. The number of ether oxygens (including phenoxy) is 3. The lowest BCUT2D eigenvalue weighted by Crippen LogP contribution is -2.32. The second-order valence-electron chi connectivity index (χ2n) is 12.8. The number of nitrogens with zero attached hydrogens (tertiary/aromatic N) is 1. The maximum absolute atomic E-state index is 13.6. The predicted octanol–water partition coefficient (Wildman–Crippen LogP) is 5.72. The molecule has 3 aromatic rings. The van der Waals surface area contributed by atoms with Gasteiger partial charge < -0.3 is 44.8 Å². The average molecular weight is 765 g/mol. The molecule has 0 spiro atoms. The number of esters is 1. The molecule has 5 N–H and O–H groups in total. The maximum atomic E-state index is 13.6. The molecule has 5 rings (SSSR count). The van der Waals surface area contributed by atoms with Crippen LogP contribution in [0, 0.1) is 13.8 Å².